The fourth-order valence-corrected chi connectivity index (χ4v) is 5.57. The fourth-order valence-electron chi connectivity index (χ4n) is 4.29. The van der Waals surface area contributed by atoms with Crippen molar-refractivity contribution in [3.05, 3.63) is 125 Å². The first kappa shape index (κ1) is 22.7. The SMILES string of the molecule is CC(C)(c1ccccc1)c1cccc2nc(-c3ccc(S(=O)(=O)c4ccccc4)cc3)oc(=O)c12. The molecule has 35 heavy (non-hydrogen) atoms. The van der Waals surface area contributed by atoms with Gasteiger partial charge in [-0.3, -0.25) is 0 Å². The Balaban J connectivity index is 1.57. The van der Waals surface area contributed by atoms with Crippen molar-refractivity contribution in [3.8, 4) is 11.5 Å². The van der Waals surface area contributed by atoms with Crippen molar-refractivity contribution in [1.82, 2.24) is 4.98 Å². The average Bonchev–Trinajstić information content (AvgIpc) is 2.89. The maximum absolute atomic E-state index is 13.2. The Morgan fingerprint density at radius 1 is 0.714 bits per heavy atom. The number of benzene rings is 4. The Morgan fingerprint density at radius 2 is 1.31 bits per heavy atom. The summed E-state index contributed by atoms with van der Waals surface area (Å²) in [7, 11) is -3.64. The van der Waals surface area contributed by atoms with E-state index in [1.807, 2.05) is 42.5 Å². The van der Waals surface area contributed by atoms with E-state index in [9.17, 15) is 13.2 Å². The molecule has 0 aliphatic rings. The molecule has 0 aliphatic heterocycles. The summed E-state index contributed by atoms with van der Waals surface area (Å²) >= 11 is 0. The van der Waals surface area contributed by atoms with Crippen LogP contribution in [-0.4, -0.2) is 13.4 Å². The standard InChI is InChI=1S/C29H23NO4S/c1-29(2,21-10-5-3-6-11-21)24-14-9-15-25-26(24)28(31)34-27(30-25)20-16-18-23(19-17-20)35(32,33)22-12-7-4-8-13-22/h3-19H,1-2H3. The zero-order valence-electron chi connectivity index (χ0n) is 19.3. The minimum atomic E-state index is -3.64. The fraction of sp³-hybridized carbons (Fsp3) is 0.103. The van der Waals surface area contributed by atoms with Crippen molar-refractivity contribution in [3.63, 3.8) is 0 Å². The van der Waals surface area contributed by atoms with Gasteiger partial charge in [0.2, 0.25) is 15.7 Å². The van der Waals surface area contributed by atoms with E-state index in [0.717, 1.165) is 11.1 Å². The van der Waals surface area contributed by atoms with Crippen LogP contribution in [0.2, 0.25) is 0 Å². The third-order valence-electron chi connectivity index (χ3n) is 6.29. The molecule has 5 aromatic rings. The molecular formula is C29H23NO4S. The van der Waals surface area contributed by atoms with Crippen LogP contribution in [0.15, 0.2) is 122 Å². The van der Waals surface area contributed by atoms with Gasteiger partial charge >= 0.3 is 5.63 Å². The normalized spacial score (nSPS) is 12.1. The lowest BCUT2D eigenvalue weighted by atomic mass is 9.77. The molecule has 4 aromatic carbocycles. The molecule has 0 radical (unpaired) electrons. The van der Waals surface area contributed by atoms with Gasteiger partial charge in [-0.1, -0.05) is 74.5 Å². The summed E-state index contributed by atoms with van der Waals surface area (Å²) in [6.07, 6.45) is 0. The molecule has 5 rings (SSSR count). The molecule has 0 unspecified atom stereocenters. The number of nitrogens with zero attached hydrogens (tertiary/aromatic N) is 1. The Kier molecular flexibility index (Phi) is 5.61. The molecule has 6 heteroatoms. The highest BCUT2D eigenvalue weighted by Crippen LogP contribution is 2.35. The molecule has 0 atom stereocenters. The Hall–Kier alpha value is -4.03. The molecule has 0 saturated heterocycles. The number of hydrogen-bond acceptors (Lipinski definition) is 5. The minimum Gasteiger partial charge on any atom is -0.403 e. The van der Waals surface area contributed by atoms with Crippen molar-refractivity contribution >= 4 is 20.7 Å². The molecule has 0 saturated carbocycles. The number of hydrogen-bond donors (Lipinski definition) is 0. The summed E-state index contributed by atoms with van der Waals surface area (Å²) in [6, 6.07) is 30.0. The van der Waals surface area contributed by atoms with E-state index >= 15 is 0 Å². The Labute approximate surface area is 203 Å². The quantitative estimate of drug-likeness (QED) is 0.307. The van der Waals surface area contributed by atoms with Gasteiger partial charge < -0.3 is 4.42 Å². The van der Waals surface area contributed by atoms with E-state index in [0.29, 0.717) is 16.5 Å². The van der Waals surface area contributed by atoms with Crippen LogP contribution in [0.3, 0.4) is 0 Å². The number of aromatic nitrogens is 1. The van der Waals surface area contributed by atoms with Crippen molar-refractivity contribution in [1.29, 1.82) is 0 Å². The largest absolute Gasteiger partial charge is 0.403 e. The predicted octanol–water partition coefficient (Wildman–Crippen LogP) is 6.01. The molecule has 1 aromatic heterocycles. The van der Waals surface area contributed by atoms with Gasteiger partial charge in [-0.15, -0.1) is 0 Å². The van der Waals surface area contributed by atoms with Crippen LogP contribution in [0.5, 0.6) is 0 Å². The van der Waals surface area contributed by atoms with Crippen molar-refractivity contribution in [2.24, 2.45) is 0 Å². The smallest absolute Gasteiger partial charge is 0.347 e. The Bertz CT molecular complexity index is 1670. The van der Waals surface area contributed by atoms with E-state index in [1.165, 1.54) is 12.1 Å². The van der Waals surface area contributed by atoms with Gasteiger partial charge in [-0.25, -0.2) is 18.2 Å². The molecular weight excluding hydrogens is 458 g/mol. The van der Waals surface area contributed by atoms with E-state index in [1.54, 1.807) is 48.5 Å². The lowest BCUT2D eigenvalue weighted by Crippen LogP contribution is -2.21. The third-order valence-corrected chi connectivity index (χ3v) is 8.08. The highest BCUT2D eigenvalue weighted by atomic mass is 32.2. The van der Waals surface area contributed by atoms with Crippen LogP contribution in [0.25, 0.3) is 22.4 Å². The van der Waals surface area contributed by atoms with Crippen LogP contribution >= 0.6 is 0 Å². The molecule has 0 N–H and O–H groups in total. The first-order valence-corrected chi connectivity index (χ1v) is 12.7. The van der Waals surface area contributed by atoms with Gasteiger partial charge in [0.15, 0.2) is 0 Å². The lowest BCUT2D eigenvalue weighted by Gasteiger charge is -2.27. The molecule has 0 bridgehead atoms. The second-order valence-electron chi connectivity index (χ2n) is 8.84. The average molecular weight is 482 g/mol. The van der Waals surface area contributed by atoms with E-state index < -0.39 is 20.9 Å². The van der Waals surface area contributed by atoms with Crippen LogP contribution in [-0.2, 0) is 15.3 Å². The first-order valence-electron chi connectivity index (χ1n) is 11.2. The summed E-state index contributed by atoms with van der Waals surface area (Å²) < 4.78 is 31.4. The third kappa shape index (κ3) is 4.06. The first-order chi connectivity index (χ1) is 16.8. The summed E-state index contributed by atoms with van der Waals surface area (Å²) in [4.78, 5) is 18.2. The molecule has 1 heterocycles. The number of sulfone groups is 1. The van der Waals surface area contributed by atoms with Crippen molar-refractivity contribution < 1.29 is 12.8 Å². The topological polar surface area (TPSA) is 77.2 Å². The lowest BCUT2D eigenvalue weighted by molar-refractivity contribution is 0.515. The van der Waals surface area contributed by atoms with Gasteiger partial charge in [-0.2, -0.15) is 0 Å². The predicted molar refractivity (Wildman–Crippen MR) is 136 cm³/mol. The number of fused-ring (bicyclic) bond motifs is 1. The van der Waals surface area contributed by atoms with Gasteiger partial charge in [-0.05, 0) is 53.6 Å². The molecule has 0 aliphatic carbocycles. The zero-order chi connectivity index (χ0) is 24.6. The van der Waals surface area contributed by atoms with E-state index in [-0.39, 0.29) is 15.7 Å². The summed E-state index contributed by atoms with van der Waals surface area (Å²) in [5.74, 6) is 0.140. The molecule has 0 spiro atoms. The van der Waals surface area contributed by atoms with E-state index in [4.69, 9.17) is 4.42 Å². The van der Waals surface area contributed by atoms with Crippen LogP contribution in [0, 0.1) is 0 Å². The van der Waals surface area contributed by atoms with E-state index in [2.05, 4.69) is 18.8 Å². The molecule has 0 amide bonds. The van der Waals surface area contributed by atoms with Gasteiger partial charge in [0, 0.05) is 11.0 Å². The second-order valence-corrected chi connectivity index (χ2v) is 10.8. The maximum atomic E-state index is 13.2. The molecule has 5 nitrogen and oxygen atoms in total. The number of rotatable bonds is 5. The minimum absolute atomic E-state index is 0.140. The highest BCUT2D eigenvalue weighted by molar-refractivity contribution is 7.91. The van der Waals surface area contributed by atoms with Crippen molar-refractivity contribution in [2.45, 2.75) is 29.1 Å². The summed E-state index contributed by atoms with van der Waals surface area (Å²) in [5.41, 5.74) is 2.03. The molecule has 174 valence electrons. The summed E-state index contributed by atoms with van der Waals surface area (Å²) in [6.45, 7) is 4.13. The monoisotopic (exact) mass is 481 g/mol. The Morgan fingerprint density at radius 3 is 1.97 bits per heavy atom. The highest BCUT2D eigenvalue weighted by Gasteiger charge is 2.27. The zero-order valence-corrected chi connectivity index (χ0v) is 20.1. The van der Waals surface area contributed by atoms with Gasteiger partial charge in [0.05, 0.1) is 20.7 Å². The molecule has 0 fully saturated rings. The maximum Gasteiger partial charge on any atom is 0.347 e. The van der Waals surface area contributed by atoms with Crippen LogP contribution in [0.4, 0.5) is 0 Å². The van der Waals surface area contributed by atoms with Gasteiger partial charge in [0.1, 0.15) is 0 Å². The van der Waals surface area contributed by atoms with Gasteiger partial charge in [0.25, 0.3) is 0 Å². The van der Waals surface area contributed by atoms with Crippen LogP contribution < -0.4 is 5.63 Å². The second kappa shape index (κ2) is 8.64. The van der Waals surface area contributed by atoms with Crippen LogP contribution in [0.1, 0.15) is 25.0 Å². The van der Waals surface area contributed by atoms with Crippen molar-refractivity contribution in [2.75, 3.05) is 0 Å². The summed E-state index contributed by atoms with van der Waals surface area (Å²) in [5, 5.41) is 0.438.